The van der Waals surface area contributed by atoms with E-state index < -0.39 is 5.91 Å². The topological polar surface area (TPSA) is 115 Å². The van der Waals surface area contributed by atoms with E-state index in [2.05, 4.69) is 38.8 Å². The fraction of sp³-hybridized carbons (Fsp3) is 0.250. The second-order valence-electron chi connectivity index (χ2n) is 7.73. The van der Waals surface area contributed by atoms with Gasteiger partial charge in [0.15, 0.2) is 0 Å². The van der Waals surface area contributed by atoms with Gasteiger partial charge in [-0.1, -0.05) is 36.0 Å². The SMILES string of the molecule is N#Cc1cc(C(=O)Nc2ccccc2)c(N)nc1SCC(=O)N1CCN(Cc2cccs2)CC1. The molecule has 1 saturated heterocycles. The normalized spacial score (nSPS) is 13.9. The van der Waals surface area contributed by atoms with E-state index in [0.29, 0.717) is 23.8 Å². The van der Waals surface area contributed by atoms with Gasteiger partial charge < -0.3 is 16.0 Å². The van der Waals surface area contributed by atoms with Crippen LogP contribution in [0.15, 0.2) is 58.9 Å². The number of nitrogens with zero attached hydrogens (tertiary/aromatic N) is 4. The second-order valence-corrected chi connectivity index (χ2v) is 9.73. The highest BCUT2D eigenvalue weighted by molar-refractivity contribution is 8.00. The van der Waals surface area contributed by atoms with Crippen molar-refractivity contribution in [1.82, 2.24) is 14.8 Å². The van der Waals surface area contributed by atoms with Gasteiger partial charge >= 0.3 is 0 Å². The van der Waals surface area contributed by atoms with Gasteiger partial charge in [-0.3, -0.25) is 14.5 Å². The third-order valence-electron chi connectivity index (χ3n) is 5.43. The molecule has 0 spiro atoms. The summed E-state index contributed by atoms with van der Waals surface area (Å²) in [6.07, 6.45) is 0. The molecular weight excluding hydrogens is 468 g/mol. The van der Waals surface area contributed by atoms with Crippen molar-refractivity contribution in [2.75, 3.05) is 43.0 Å². The molecule has 8 nitrogen and oxygen atoms in total. The Morgan fingerprint density at radius 2 is 1.91 bits per heavy atom. The first kappa shape index (κ1) is 23.8. The summed E-state index contributed by atoms with van der Waals surface area (Å²) >= 11 is 2.91. The van der Waals surface area contributed by atoms with Crippen molar-refractivity contribution in [3.8, 4) is 6.07 Å². The molecule has 174 valence electrons. The number of nitrogens with two attached hydrogens (primary N) is 1. The number of amides is 2. The number of hydrogen-bond donors (Lipinski definition) is 2. The van der Waals surface area contributed by atoms with Gasteiger partial charge in [-0.15, -0.1) is 11.3 Å². The zero-order chi connectivity index (χ0) is 23.9. The lowest BCUT2D eigenvalue weighted by molar-refractivity contribution is -0.130. The molecule has 34 heavy (non-hydrogen) atoms. The number of carbonyl (C=O) groups is 2. The van der Waals surface area contributed by atoms with Crippen LogP contribution in [0.1, 0.15) is 20.8 Å². The van der Waals surface area contributed by atoms with Crippen LogP contribution in [-0.4, -0.2) is 58.5 Å². The van der Waals surface area contributed by atoms with Crippen LogP contribution in [0.25, 0.3) is 0 Å². The average molecular weight is 493 g/mol. The number of anilines is 2. The maximum atomic E-state index is 12.7. The zero-order valence-electron chi connectivity index (χ0n) is 18.4. The highest BCUT2D eigenvalue weighted by Gasteiger charge is 2.23. The van der Waals surface area contributed by atoms with Crippen molar-refractivity contribution in [1.29, 1.82) is 5.26 Å². The van der Waals surface area contributed by atoms with Crippen LogP contribution in [-0.2, 0) is 11.3 Å². The van der Waals surface area contributed by atoms with Gasteiger partial charge in [0.25, 0.3) is 5.91 Å². The highest BCUT2D eigenvalue weighted by Crippen LogP contribution is 2.25. The summed E-state index contributed by atoms with van der Waals surface area (Å²) in [4.78, 5) is 35.1. The number of pyridine rings is 1. The van der Waals surface area contributed by atoms with E-state index in [9.17, 15) is 14.9 Å². The fourth-order valence-corrected chi connectivity index (χ4v) is 5.21. The van der Waals surface area contributed by atoms with Crippen LogP contribution in [0.5, 0.6) is 0 Å². The lowest BCUT2D eigenvalue weighted by Gasteiger charge is -2.34. The average Bonchev–Trinajstić information content (AvgIpc) is 3.36. The molecule has 1 aliphatic rings. The fourth-order valence-electron chi connectivity index (χ4n) is 3.60. The van der Waals surface area contributed by atoms with E-state index in [1.54, 1.807) is 35.6 Å². The van der Waals surface area contributed by atoms with Crippen LogP contribution in [0.4, 0.5) is 11.5 Å². The molecule has 0 unspecified atom stereocenters. The van der Waals surface area contributed by atoms with Crippen LogP contribution in [0, 0.1) is 11.3 Å². The second kappa shape index (κ2) is 11.2. The molecule has 1 aliphatic heterocycles. The predicted molar refractivity (Wildman–Crippen MR) is 135 cm³/mol. The first-order chi connectivity index (χ1) is 16.5. The Kier molecular flexibility index (Phi) is 7.80. The quantitative estimate of drug-likeness (QED) is 0.486. The Balaban J connectivity index is 1.33. The molecule has 1 aromatic carbocycles. The molecule has 10 heteroatoms. The van der Waals surface area contributed by atoms with Gasteiger partial charge in [0.2, 0.25) is 5.91 Å². The van der Waals surface area contributed by atoms with E-state index in [4.69, 9.17) is 5.73 Å². The van der Waals surface area contributed by atoms with Crippen molar-refractivity contribution in [3.05, 3.63) is 69.9 Å². The number of carbonyl (C=O) groups excluding carboxylic acids is 2. The third-order valence-corrected chi connectivity index (χ3v) is 7.27. The number of hydrogen-bond acceptors (Lipinski definition) is 8. The first-order valence-electron chi connectivity index (χ1n) is 10.8. The molecule has 2 aromatic heterocycles. The number of aromatic nitrogens is 1. The number of thiophene rings is 1. The van der Waals surface area contributed by atoms with Crippen molar-refractivity contribution in [2.45, 2.75) is 11.6 Å². The molecular formula is C24H24N6O2S2. The summed E-state index contributed by atoms with van der Waals surface area (Å²) in [6.45, 7) is 3.91. The van der Waals surface area contributed by atoms with Crippen molar-refractivity contribution in [2.24, 2.45) is 0 Å². The molecule has 2 amide bonds. The van der Waals surface area contributed by atoms with Gasteiger partial charge in [-0.05, 0) is 29.6 Å². The lowest BCUT2D eigenvalue weighted by Crippen LogP contribution is -2.48. The molecule has 0 radical (unpaired) electrons. The number of piperazine rings is 1. The standard InChI is InChI=1S/C24H24N6O2S2/c25-14-17-13-20(23(32)27-18-5-2-1-3-6-18)22(26)28-24(17)34-16-21(31)30-10-8-29(9-11-30)15-19-7-4-12-33-19/h1-7,12-13H,8-11,15-16H2,(H2,26,28)(H,27,32). The smallest absolute Gasteiger partial charge is 0.259 e. The Hall–Kier alpha value is -3.39. The van der Waals surface area contributed by atoms with Gasteiger partial charge in [0.05, 0.1) is 16.9 Å². The van der Waals surface area contributed by atoms with E-state index >= 15 is 0 Å². The molecule has 3 heterocycles. The van der Waals surface area contributed by atoms with Crippen molar-refractivity contribution in [3.63, 3.8) is 0 Å². The Bertz CT molecular complexity index is 1190. The zero-order valence-corrected chi connectivity index (χ0v) is 20.1. The van der Waals surface area contributed by atoms with E-state index in [-0.39, 0.29) is 28.6 Å². The number of rotatable bonds is 7. The number of nitriles is 1. The van der Waals surface area contributed by atoms with Crippen LogP contribution in [0.2, 0.25) is 0 Å². The number of nitrogen functional groups attached to an aromatic ring is 1. The summed E-state index contributed by atoms with van der Waals surface area (Å²) < 4.78 is 0. The number of thioether (sulfide) groups is 1. The maximum Gasteiger partial charge on any atom is 0.259 e. The summed E-state index contributed by atoms with van der Waals surface area (Å²) in [6, 6.07) is 16.6. The van der Waals surface area contributed by atoms with Gasteiger partial charge in [-0.2, -0.15) is 5.26 Å². The summed E-state index contributed by atoms with van der Waals surface area (Å²) in [5.41, 5.74) is 6.98. The minimum atomic E-state index is -0.444. The lowest BCUT2D eigenvalue weighted by atomic mass is 10.2. The summed E-state index contributed by atoms with van der Waals surface area (Å²) in [7, 11) is 0. The monoisotopic (exact) mass is 492 g/mol. The number of para-hydroxylation sites is 1. The molecule has 0 atom stereocenters. The third kappa shape index (κ3) is 5.94. The first-order valence-corrected chi connectivity index (χ1v) is 12.6. The molecule has 3 aromatic rings. The van der Waals surface area contributed by atoms with Crippen LogP contribution < -0.4 is 11.1 Å². The van der Waals surface area contributed by atoms with Gasteiger partial charge in [-0.25, -0.2) is 4.98 Å². The molecule has 0 bridgehead atoms. The van der Waals surface area contributed by atoms with Crippen LogP contribution in [0.3, 0.4) is 0 Å². The molecule has 0 aliphatic carbocycles. The van der Waals surface area contributed by atoms with Crippen molar-refractivity contribution >= 4 is 46.4 Å². The molecule has 1 fully saturated rings. The maximum absolute atomic E-state index is 12.7. The highest BCUT2D eigenvalue weighted by atomic mass is 32.2. The number of nitrogens with one attached hydrogen (secondary N) is 1. The molecule has 3 N–H and O–H groups in total. The largest absolute Gasteiger partial charge is 0.383 e. The summed E-state index contributed by atoms with van der Waals surface area (Å²) in [5.74, 6) is -0.275. The Morgan fingerprint density at radius 1 is 1.15 bits per heavy atom. The Labute approximate surface area is 206 Å². The van der Waals surface area contributed by atoms with Crippen LogP contribution >= 0.6 is 23.1 Å². The van der Waals surface area contributed by atoms with E-state index in [0.717, 1.165) is 19.6 Å². The summed E-state index contributed by atoms with van der Waals surface area (Å²) in [5, 5.41) is 14.7. The minimum absolute atomic E-state index is 0.00377. The van der Waals surface area contributed by atoms with Crippen molar-refractivity contribution < 1.29 is 9.59 Å². The number of benzene rings is 1. The van der Waals surface area contributed by atoms with E-state index in [1.807, 2.05) is 11.0 Å². The molecule has 0 saturated carbocycles. The van der Waals surface area contributed by atoms with Gasteiger partial charge in [0, 0.05) is 43.3 Å². The molecule has 4 rings (SSSR count). The Morgan fingerprint density at radius 3 is 2.59 bits per heavy atom. The minimum Gasteiger partial charge on any atom is -0.383 e. The van der Waals surface area contributed by atoms with E-state index in [1.165, 1.54) is 22.7 Å². The predicted octanol–water partition coefficient (Wildman–Crippen LogP) is 3.29. The van der Waals surface area contributed by atoms with Gasteiger partial charge in [0.1, 0.15) is 16.9 Å².